The maximum absolute atomic E-state index is 12.9. The Bertz CT molecular complexity index is 1130. The van der Waals surface area contributed by atoms with Gasteiger partial charge < -0.3 is 4.18 Å². The third-order valence-electron chi connectivity index (χ3n) is 4.22. The molecule has 8 nitrogen and oxygen atoms in total. The lowest BCUT2D eigenvalue weighted by molar-refractivity contribution is 0.103. The summed E-state index contributed by atoms with van der Waals surface area (Å²) in [6.45, 7) is 3.60. The molecule has 0 spiro atoms. The standard InChI is InChI=1S/C16H18N2O6S2/c1-16(2)9-26(22,23)13-6-5-10(7-12(13)16)14(19)11-8-17-18(3)15(11)24-25(4,20)21/h5-8H,9H2,1-4H3. The molecule has 0 atom stereocenters. The Balaban J connectivity index is 2.09. The van der Waals surface area contributed by atoms with Crippen LogP contribution >= 0.6 is 0 Å². The molecule has 3 rings (SSSR count). The van der Waals surface area contributed by atoms with Gasteiger partial charge in [0.15, 0.2) is 15.6 Å². The van der Waals surface area contributed by atoms with Crippen LogP contribution in [-0.4, -0.2) is 44.4 Å². The fourth-order valence-electron chi connectivity index (χ4n) is 3.08. The van der Waals surface area contributed by atoms with Crippen molar-refractivity contribution in [3.05, 3.63) is 41.1 Å². The summed E-state index contributed by atoms with van der Waals surface area (Å²) in [6.07, 6.45) is 2.09. The number of ketones is 1. The Kier molecular flexibility index (Phi) is 4.04. The lowest BCUT2D eigenvalue weighted by atomic mass is 9.85. The van der Waals surface area contributed by atoms with Crippen molar-refractivity contribution in [2.45, 2.75) is 24.2 Å². The van der Waals surface area contributed by atoms with Gasteiger partial charge in [0, 0.05) is 18.0 Å². The van der Waals surface area contributed by atoms with Crippen molar-refractivity contribution in [2.75, 3.05) is 12.0 Å². The molecule has 2 aromatic rings. The van der Waals surface area contributed by atoms with Crippen molar-refractivity contribution in [3.63, 3.8) is 0 Å². The van der Waals surface area contributed by atoms with Crippen molar-refractivity contribution in [3.8, 4) is 5.88 Å². The van der Waals surface area contributed by atoms with Crippen LogP contribution in [0.4, 0.5) is 0 Å². The molecular formula is C16H18N2O6S2. The fourth-order valence-corrected chi connectivity index (χ4v) is 5.77. The van der Waals surface area contributed by atoms with E-state index in [9.17, 15) is 21.6 Å². The number of nitrogens with zero attached hydrogens (tertiary/aromatic N) is 2. The number of carbonyl (C=O) groups is 1. The molecule has 0 unspecified atom stereocenters. The number of fused-ring (bicyclic) bond motifs is 1. The summed E-state index contributed by atoms with van der Waals surface area (Å²) < 4.78 is 53.4. The molecule has 2 heterocycles. The van der Waals surface area contributed by atoms with E-state index in [-0.39, 0.29) is 27.7 Å². The number of hydrogen-bond acceptors (Lipinski definition) is 7. The quantitative estimate of drug-likeness (QED) is 0.559. The highest BCUT2D eigenvalue weighted by molar-refractivity contribution is 7.91. The van der Waals surface area contributed by atoms with Gasteiger partial charge in [-0.05, 0) is 23.8 Å². The van der Waals surface area contributed by atoms with Crippen LogP contribution in [-0.2, 0) is 32.4 Å². The highest BCUT2D eigenvalue weighted by Crippen LogP contribution is 2.40. The zero-order valence-corrected chi connectivity index (χ0v) is 16.3. The van der Waals surface area contributed by atoms with E-state index in [0.717, 1.165) is 10.9 Å². The van der Waals surface area contributed by atoms with Crippen LogP contribution in [0.2, 0.25) is 0 Å². The van der Waals surface area contributed by atoms with Crippen LogP contribution in [0.1, 0.15) is 35.3 Å². The van der Waals surface area contributed by atoms with Gasteiger partial charge >= 0.3 is 10.1 Å². The predicted octanol–water partition coefficient (Wildman–Crippen LogP) is 1.05. The summed E-state index contributed by atoms with van der Waals surface area (Å²) in [5.41, 5.74) is 0.167. The third-order valence-corrected chi connectivity index (χ3v) is 6.80. The Hall–Kier alpha value is -2.20. The maximum atomic E-state index is 12.9. The van der Waals surface area contributed by atoms with E-state index in [2.05, 4.69) is 5.10 Å². The molecule has 0 radical (unpaired) electrons. The number of aromatic nitrogens is 2. The Morgan fingerprint density at radius 2 is 1.96 bits per heavy atom. The molecule has 1 aliphatic rings. The van der Waals surface area contributed by atoms with Crippen molar-refractivity contribution in [2.24, 2.45) is 7.05 Å². The normalized spacial score (nSPS) is 17.7. The molecule has 0 bridgehead atoms. The first-order chi connectivity index (χ1) is 11.8. The van der Waals surface area contributed by atoms with E-state index >= 15 is 0 Å². The lowest BCUT2D eigenvalue weighted by Gasteiger charge is -2.17. The number of carbonyl (C=O) groups excluding carboxylic acids is 1. The molecule has 0 amide bonds. The molecule has 0 aliphatic carbocycles. The molecule has 1 aromatic carbocycles. The van der Waals surface area contributed by atoms with Gasteiger partial charge in [0.05, 0.1) is 23.1 Å². The third kappa shape index (κ3) is 3.14. The van der Waals surface area contributed by atoms with Crippen molar-refractivity contribution >= 4 is 25.7 Å². The molecule has 26 heavy (non-hydrogen) atoms. The molecule has 1 aliphatic heterocycles. The number of aryl methyl sites for hydroxylation is 1. The van der Waals surface area contributed by atoms with Gasteiger partial charge in [-0.15, -0.1) is 0 Å². The van der Waals surface area contributed by atoms with Crippen molar-refractivity contribution in [1.82, 2.24) is 9.78 Å². The van der Waals surface area contributed by atoms with Gasteiger partial charge in [0.25, 0.3) is 0 Å². The molecule has 0 saturated heterocycles. The molecule has 0 N–H and O–H groups in total. The van der Waals surface area contributed by atoms with Crippen LogP contribution in [0.25, 0.3) is 0 Å². The first-order valence-electron chi connectivity index (χ1n) is 7.65. The van der Waals surface area contributed by atoms with E-state index in [0.29, 0.717) is 5.56 Å². The van der Waals surface area contributed by atoms with E-state index < -0.39 is 31.2 Å². The zero-order chi connectivity index (χ0) is 19.5. The summed E-state index contributed by atoms with van der Waals surface area (Å²) >= 11 is 0. The summed E-state index contributed by atoms with van der Waals surface area (Å²) in [5, 5.41) is 3.88. The van der Waals surface area contributed by atoms with Gasteiger partial charge in [-0.1, -0.05) is 13.8 Å². The second kappa shape index (κ2) is 5.65. The van der Waals surface area contributed by atoms with Crippen LogP contribution in [0.15, 0.2) is 29.3 Å². The molecule has 1 aromatic heterocycles. The largest absolute Gasteiger partial charge is 0.361 e. The van der Waals surface area contributed by atoms with Gasteiger partial charge in [-0.2, -0.15) is 13.5 Å². The van der Waals surface area contributed by atoms with E-state index in [4.69, 9.17) is 4.18 Å². The Morgan fingerprint density at radius 1 is 1.31 bits per heavy atom. The number of benzene rings is 1. The van der Waals surface area contributed by atoms with E-state index in [1.165, 1.54) is 25.4 Å². The summed E-state index contributed by atoms with van der Waals surface area (Å²) in [4.78, 5) is 13.1. The van der Waals surface area contributed by atoms with Crippen LogP contribution in [0.5, 0.6) is 5.88 Å². The number of sulfone groups is 1. The van der Waals surface area contributed by atoms with Gasteiger partial charge in [-0.25, -0.2) is 13.1 Å². The second-order valence-corrected chi connectivity index (χ2v) is 10.5. The smallest absolute Gasteiger partial charge is 0.307 e. The van der Waals surface area contributed by atoms with Crippen LogP contribution < -0.4 is 4.18 Å². The minimum absolute atomic E-state index is 0.0171. The van der Waals surface area contributed by atoms with Gasteiger partial charge in [0.2, 0.25) is 5.88 Å². The average Bonchev–Trinajstić information content (AvgIpc) is 2.92. The number of hydrogen-bond donors (Lipinski definition) is 0. The van der Waals surface area contributed by atoms with E-state index in [1.54, 1.807) is 19.9 Å². The molecule has 10 heteroatoms. The van der Waals surface area contributed by atoms with E-state index in [1.807, 2.05) is 0 Å². The highest BCUT2D eigenvalue weighted by atomic mass is 32.2. The highest BCUT2D eigenvalue weighted by Gasteiger charge is 2.41. The fraction of sp³-hybridized carbons (Fsp3) is 0.375. The van der Waals surface area contributed by atoms with Crippen LogP contribution in [0, 0.1) is 0 Å². The maximum Gasteiger partial charge on any atom is 0.307 e. The number of rotatable bonds is 4. The predicted molar refractivity (Wildman–Crippen MR) is 93.6 cm³/mol. The molecule has 0 fully saturated rings. The first-order valence-corrected chi connectivity index (χ1v) is 11.1. The van der Waals surface area contributed by atoms with Crippen molar-refractivity contribution in [1.29, 1.82) is 0 Å². The summed E-state index contributed by atoms with van der Waals surface area (Å²) in [7, 11) is -5.77. The molecular weight excluding hydrogens is 380 g/mol. The SMILES string of the molecule is Cn1ncc(C(=O)c2ccc3c(c2)C(C)(C)CS3(=O)=O)c1OS(C)(=O)=O. The minimum Gasteiger partial charge on any atom is -0.361 e. The zero-order valence-electron chi connectivity index (χ0n) is 14.7. The monoisotopic (exact) mass is 398 g/mol. The topological polar surface area (TPSA) is 112 Å². The van der Waals surface area contributed by atoms with Gasteiger partial charge in [-0.3, -0.25) is 4.79 Å². The van der Waals surface area contributed by atoms with Gasteiger partial charge in [0.1, 0.15) is 5.56 Å². The van der Waals surface area contributed by atoms with Crippen molar-refractivity contribution < 1.29 is 25.8 Å². The summed E-state index contributed by atoms with van der Waals surface area (Å²) in [6, 6.07) is 4.37. The average molecular weight is 398 g/mol. The Labute approximate surface area is 151 Å². The second-order valence-electron chi connectivity index (χ2n) is 6.96. The molecule has 140 valence electrons. The lowest BCUT2D eigenvalue weighted by Crippen LogP contribution is -2.19. The molecule has 0 saturated carbocycles. The summed E-state index contributed by atoms with van der Waals surface area (Å²) in [5.74, 6) is -0.716. The minimum atomic E-state index is -3.84. The first kappa shape index (κ1) is 18.6. The van der Waals surface area contributed by atoms with Crippen LogP contribution in [0.3, 0.4) is 0 Å². The Morgan fingerprint density at radius 3 is 2.58 bits per heavy atom.